The first-order chi connectivity index (χ1) is 9.41. The Kier molecular flexibility index (Phi) is 5.14. The number of rotatable bonds is 5. The van der Waals surface area contributed by atoms with Crippen molar-refractivity contribution in [3.8, 4) is 5.75 Å². The number of ether oxygens (including phenoxy) is 1. The van der Waals surface area contributed by atoms with E-state index >= 15 is 0 Å². The molecular weight excluding hydrogens is 314 g/mol. The highest BCUT2D eigenvalue weighted by Gasteiger charge is 2.27. The smallest absolute Gasteiger partial charge is 0.125 e. The quantitative estimate of drug-likeness (QED) is 0.867. The summed E-state index contributed by atoms with van der Waals surface area (Å²) in [6.07, 6.45) is 2.10. The summed E-state index contributed by atoms with van der Waals surface area (Å²) in [5.41, 5.74) is 2.99. The van der Waals surface area contributed by atoms with E-state index < -0.39 is 0 Å². The van der Waals surface area contributed by atoms with Crippen LogP contribution in [-0.4, -0.2) is 19.7 Å². The van der Waals surface area contributed by atoms with E-state index in [9.17, 15) is 0 Å². The predicted octanol–water partition coefficient (Wildman–Crippen LogP) is 4.20. The number of hydrogen-bond donors (Lipinski definition) is 1. The maximum Gasteiger partial charge on any atom is 0.125 e. The molecule has 0 saturated heterocycles. The highest BCUT2D eigenvalue weighted by Crippen LogP contribution is 2.37. The molecule has 1 aliphatic heterocycles. The molecule has 1 heterocycles. The number of halogens is 1. The van der Waals surface area contributed by atoms with E-state index in [0.717, 1.165) is 38.3 Å². The fourth-order valence-corrected chi connectivity index (χ4v) is 3.32. The van der Waals surface area contributed by atoms with Crippen LogP contribution in [0.3, 0.4) is 0 Å². The molecule has 0 radical (unpaired) electrons. The minimum absolute atomic E-state index is 0.288. The van der Waals surface area contributed by atoms with Crippen LogP contribution < -0.4 is 10.1 Å². The molecule has 1 aliphatic rings. The van der Waals surface area contributed by atoms with Crippen LogP contribution in [0, 0.1) is 11.3 Å². The Bertz CT molecular complexity index is 465. The van der Waals surface area contributed by atoms with Gasteiger partial charge < -0.3 is 10.1 Å². The van der Waals surface area contributed by atoms with Crippen LogP contribution in [0.2, 0.25) is 0 Å². The number of hydrogen-bond acceptors (Lipinski definition) is 2. The predicted molar refractivity (Wildman–Crippen MR) is 88.5 cm³/mol. The molecule has 1 aromatic rings. The van der Waals surface area contributed by atoms with Crippen molar-refractivity contribution < 1.29 is 4.74 Å². The Morgan fingerprint density at radius 3 is 2.75 bits per heavy atom. The SMILES string of the molecule is CCNCC(Cc1cc(Br)cc2c1OCC2)C(C)(C)C. The lowest BCUT2D eigenvalue weighted by Crippen LogP contribution is -2.33. The largest absolute Gasteiger partial charge is 0.493 e. The average molecular weight is 340 g/mol. The van der Waals surface area contributed by atoms with Crippen molar-refractivity contribution in [1.29, 1.82) is 0 Å². The van der Waals surface area contributed by atoms with Crippen LogP contribution in [0.15, 0.2) is 16.6 Å². The van der Waals surface area contributed by atoms with Crippen molar-refractivity contribution in [1.82, 2.24) is 5.32 Å². The number of nitrogens with one attached hydrogen (secondary N) is 1. The maximum atomic E-state index is 5.86. The molecule has 2 rings (SSSR count). The minimum atomic E-state index is 0.288. The van der Waals surface area contributed by atoms with Gasteiger partial charge in [0.15, 0.2) is 0 Å². The first-order valence-electron chi connectivity index (χ1n) is 7.56. The van der Waals surface area contributed by atoms with E-state index in [4.69, 9.17) is 4.74 Å². The second-order valence-electron chi connectivity index (χ2n) is 6.73. The summed E-state index contributed by atoms with van der Waals surface area (Å²) in [5, 5.41) is 3.50. The molecule has 1 atom stereocenters. The third-order valence-corrected chi connectivity index (χ3v) is 4.61. The lowest BCUT2D eigenvalue weighted by atomic mass is 9.77. The lowest BCUT2D eigenvalue weighted by molar-refractivity contribution is 0.229. The molecule has 2 nitrogen and oxygen atoms in total. The van der Waals surface area contributed by atoms with Crippen LogP contribution in [0.1, 0.15) is 38.8 Å². The van der Waals surface area contributed by atoms with Gasteiger partial charge in [-0.3, -0.25) is 0 Å². The van der Waals surface area contributed by atoms with Gasteiger partial charge in [-0.2, -0.15) is 0 Å². The molecule has 1 aromatic carbocycles. The van der Waals surface area contributed by atoms with Gasteiger partial charge in [0.2, 0.25) is 0 Å². The van der Waals surface area contributed by atoms with Crippen LogP contribution in [0.5, 0.6) is 5.75 Å². The van der Waals surface area contributed by atoms with Gasteiger partial charge in [-0.05, 0) is 54.1 Å². The molecule has 0 bridgehead atoms. The van der Waals surface area contributed by atoms with Crippen molar-refractivity contribution in [2.24, 2.45) is 11.3 Å². The highest BCUT2D eigenvalue weighted by atomic mass is 79.9. The summed E-state index contributed by atoms with van der Waals surface area (Å²) in [7, 11) is 0. The van der Waals surface area contributed by atoms with Crippen LogP contribution >= 0.6 is 15.9 Å². The Morgan fingerprint density at radius 2 is 2.10 bits per heavy atom. The van der Waals surface area contributed by atoms with E-state index in [-0.39, 0.29) is 5.41 Å². The summed E-state index contributed by atoms with van der Waals surface area (Å²) in [4.78, 5) is 0. The molecule has 0 amide bonds. The van der Waals surface area contributed by atoms with Gasteiger partial charge in [0.1, 0.15) is 5.75 Å². The van der Waals surface area contributed by atoms with Crippen molar-refractivity contribution >= 4 is 15.9 Å². The zero-order valence-corrected chi connectivity index (χ0v) is 14.6. The van der Waals surface area contributed by atoms with E-state index in [1.165, 1.54) is 15.6 Å². The molecule has 1 unspecified atom stereocenters. The normalized spacial score (nSPS) is 15.8. The summed E-state index contributed by atoms with van der Waals surface area (Å²) >= 11 is 3.64. The van der Waals surface area contributed by atoms with Gasteiger partial charge in [0.25, 0.3) is 0 Å². The fourth-order valence-electron chi connectivity index (χ4n) is 2.77. The fraction of sp³-hybridized carbons (Fsp3) is 0.647. The number of benzene rings is 1. The second kappa shape index (κ2) is 6.48. The Hall–Kier alpha value is -0.540. The summed E-state index contributed by atoms with van der Waals surface area (Å²) in [5.74, 6) is 1.74. The van der Waals surface area contributed by atoms with E-state index in [1.807, 2.05) is 0 Å². The molecule has 0 saturated carbocycles. The molecule has 112 valence electrons. The summed E-state index contributed by atoms with van der Waals surface area (Å²) in [6, 6.07) is 4.43. The van der Waals surface area contributed by atoms with Gasteiger partial charge in [-0.25, -0.2) is 0 Å². The molecule has 0 spiro atoms. The Labute approximate surface area is 131 Å². The van der Waals surface area contributed by atoms with E-state index in [2.05, 4.69) is 61.1 Å². The maximum absolute atomic E-state index is 5.86. The molecule has 3 heteroatoms. The van der Waals surface area contributed by atoms with Gasteiger partial charge >= 0.3 is 0 Å². The van der Waals surface area contributed by atoms with Crippen molar-refractivity contribution in [3.63, 3.8) is 0 Å². The van der Waals surface area contributed by atoms with Crippen molar-refractivity contribution in [3.05, 3.63) is 27.7 Å². The van der Waals surface area contributed by atoms with Crippen LogP contribution in [0.4, 0.5) is 0 Å². The first-order valence-corrected chi connectivity index (χ1v) is 8.36. The van der Waals surface area contributed by atoms with Crippen LogP contribution in [0.25, 0.3) is 0 Å². The summed E-state index contributed by atoms with van der Waals surface area (Å²) < 4.78 is 7.04. The molecular formula is C17H26BrNO. The van der Waals surface area contributed by atoms with Crippen molar-refractivity contribution in [2.45, 2.75) is 40.5 Å². The van der Waals surface area contributed by atoms with Crippen molar-refractivity contribution in [2.75, 3.05) is 19.7 Å². The van der Waals surface area contributed by atoms with Gasteiger partial charge in [-0.1, -0.05) is 43.6 Å². The third-order valence-electron chi connectivity index (χ3n) is 4.16. The monoisotopic (exact) mass is 339 g/mol. The zero-order chi connectivity index (χ0) is 14.8. The topological polar surface area (TPSA) is 21.3 Å². The first kappa shape index (κ1) is 15.8. The van der Waals surface area contributed by atoms with Crippen LogP contribution in [-0.2, 0) is 12.8 Å². The number of fused-ring (bicyclic) bond motifs is 1. The van der Waals surface area contributed by atoms with Gasteiger partial charge in [0, 0.05) is 10.9 Å². The standard InChI is InChI=1S/C17H26BrNO/c1-5-19-11-14(17(2,3)4)8-13-10-15(18)9-12-6-7-20-16(12)13/h9-10,14,19H,5-8,11H2,1-4H3. The highest BCUT2D eigenvalue weighted by molar-refractivity contribution is 9.10. The van der Waals surface area contributed by atoms with Gasteiger partial charge in [0.05, 0.1) is 6.61 Å². The van der Waals surface area contributed by atoms with E-state index in [0.29, 0.717) is 5.92 Å². The third kappa shape index (κ3) is 3.76. The van der Waals surface area contributed by atoms with Gasteiger partial charge in [-0.15, -0.1) is 0 Å². The molecule has 1 N–H and O–H groups in total. The summed E-state index contributed by atoms with van der Waals surface area (Å²) in [6.45, 7) is 12.1. The minimum Gasteiger partial charge on any atom is -0.493 e. The average Bonchev–Trinajstić information content (AvgIpc) is 2.80. The molecule has 0 aromatic heterocycles. The molecule has 0 fully saturated rings. The molecule has 20 heavy (non-hydrogen) atoms. The Morgan fingerprint density at radius 1 is 1.35 bits per heavy atom. The Balaban J connectivity index is 2.22. The second-order valence-corrected chi connectivity index (χ2v) is 7.64. The van der Waals surface area contributed by atoms with E-state index in [1.54, 1.807) is 0 Å². The zero-order valence-electron chi connectivity index (χ0n) is 13.1. The lowest BCUT2D eigenvalue weighted by Gasteiger charge is -2.31. The molecule has 0 aliphatic carbocycles.